The Bertz CT molecular complexity index is 686. The highest BCUT2D eigenvalue weighted by molar-refractivity contribution is 14.1. The van der Waals surface area contributed by atoms with Crippen LogP contribution in [0.3, 0.4) is 0 Å². The number of aliphatic hydroxyl groups is 1. The van der Waals surface area contributed by atoms with Crippen LogP contribution in [0.25, 0.3) is 0 Å². The summed E-state index contributed by atoms with van der Waals surface area (Å²) in [5.74, 6) is -1.89. The number of aliphatic hydroxyl groups excluding tert-OH is 1. The number of carbonyl (C=O) groups is 3. The van der Waals surface area contributed by atoms with E-state index in [0.717, 1.165) is 7.11 Å². The third-order valence-electron chi connectivity index (χ3n) is 3.23. The summed E-state index contributed by atoms with van der Waals surface area (Å²) < 4.78 is 10.4. The normalized spacial score (nSPS) is 13.5. The standard InChI is InChI=1S/C17H23IN2O6/c1-17(2,3)26-16(24)13(19)10-6-5-9(7-11(10)18)14(22)20-12(8-21)15(23)25-4/h5-7,12-13,21H,8,19H2,1-4H3,(H,20,22). The first kappa shape index (κ1) is 22.3. The number of benzene rings is 1. The molecule has 1 aromatic carbocycles. The molecular formula is C17H23IN2O6. The van der Waals surface area contributed by atoms with Crippen LogP contribution in [0.1, 0.15) is 42.7 Å². The molecule has 8 nitrogen and oxygen atoms in total. The summed E-state index contributed by atoms with van der Waals surface area (Å²) in [4.78, 5) is 35.8. The van der Waals surface area contributed by atoms with Crippen LogP contribution in [0, 0.1) is 3.57 Å². The summed E-state index contributed by atoms with van der Waals surface area (Å²) in [6, 6.07) is 2.41. The Morgan fingerprint density at radius 2 is 1.88 bits per heavy atom. The lowest BCUT2D eigenvalue weighted by Crippen LogP contribution is -2.44. The van der Waals surface area contributed by atoms with Crippen molar-refractivity contribution in [2.75, 3.05) is 13.7 Å². The molecule has 0 aliphatic carbocycles. The number of hydrogen-bond acceptors (Lipinski definition) is 7. The predicted molar refractivity (Wildman–Crippen MR) is 102 cm³/mol. The van der Waals surface area contributed by atoms with Crippen molar-refractivity contribution < 1.29 is 29.0 Å². The average molecular weight is 478 g/mol. The minimum atomic E-state index is -1.16. The SMILES string of the molecule is COC(=O)C(CO)NC(=O)c1ccc(C(N)C(=O)OC(C)(C)C)c(I)c1. The fraction of sp³-hybridized carbons (Fsp3) is 0.471. The van der Waals surface area contributed by atoms with Gasteiger partial charge in [0.15, 0.2) is 6.04 Å². The molecule has 1 amide bonds. The van der Waals surface area contributed by atoms with E-state index in [0.29, 0.717) is 9.13 Å². The number of ether oxygens (including phenoxy) is 2. The van der Waals surface area contributed by atoms with Crippen LogP contribution in [0.5, 0.6) is 0 Å². The van der Waals surface area contributed by atoms with Crippen LogP contribution in [0.4, 0.5) is 0 Å². The van der Waals surface area contributed by atoms with Gasteiger partial charge in [-0.2, -0.15) is 0 Å². The quantitative estimate of drug-likeness (QED) is 0.410. The maximum Gasteiger partial charge on any atom is 0.330 e. The molecule has 0 saturated carbocycles. The molecule has 9 heteroatoms. The van der Waals surface area contributed by atoms with E-state index in [-0.39, 0.29) is 5.56 Å². The molecule has 0 aromatic heterocycles. The molecule has 0 radical (unpaired) electrons. The first-order valence-corrected chi connectivity index (χ1v) is 8.85. The van der Waals surface area contributed by atoms with Gasteiger partial charge in [-0.05, 0) is 61.1 Å². The number of amides is 1. The van der Waals surface area contributed by atoms with Crippen LogP contribution in [0.15, 0.2) is 18.2 Å². The highest BCUT2D eigenvalue weighted by Crippen LogP contribution is 2.23. The van der Waals surface area contributed by atoms with E-state index < -0.39 is 42.1 Å². The second kappa shape index (κ2) is 9.28. The van der Waals surface area contributed by atoms with Crippen LogP contribution in [-0.2, 0) is 19.1 Å². The molecule has 144 valence electrons. The summed E-state index contributed by atoms with van der Waals surface area (Å²) in [6.07, 6.45) is 0. The van der Waals surface area contributed by atoms with Gasteiger partial charge in [-0.15, -0.1) is 0 Å². The Labute approximate surface area is 165 Å². The number of esters is 2. The fourth-order valence-corrected chi connectivity index (χ4v) is 2.83. The number of rotatable bonds is 6. The van der Waals surface area contributed by atoms with E-state index in [2.05, 4.69) is 10.1 Å². The minimum absolute atomic E-state index is 0.247. The van der Waals surface area contributed by atoms with Crippen LogP contribution < -0.4 is 11.1 Å². The molecule has 0 aliphatic heterocycles. The first-order chi connectivity index (χ1) is 12.0. The lowest BCUT2D eigenvalue weighted by atomic mass is 10.0. The van der Waals surface area contributed by atoms with Crippen molar-refractivity contribution in [2.24, 2.45) is 5.73 Å². The maximum atomic E-state index is 12.2. The van der Waals surface area contributed by atoms with Gasteiger partial charge in [-0.1, -0.05) is 6.07 Å². The van der Waals surface area contributed by atoms with E-state index in [9.17, 15) is 14.4 Å². The lowest BCUT2D eigenvalue weighted by molar-refractivity contribution is -0.156. The Morgan fingerprint density at radius 1 is 1.27 bits per heavy atom. The van der Waals surface area contributed by atoms with Gasteiger partial charge < -0.3 is 25.6 Å². The van der Waals surface area contributed by atoms with Gasteiger partial charge in [-0.25, -0.2) is 9.59 Å². The molecule has 0 heterocycles. The molecule has 0 bridgehead atoms. The van der Waals surface area contributed by atoms with Crippen molar-refractivity contribution in [3.05, 3.63) is 32.9 Å². The summed E-state index contributed by atoms with van der Waals surface area (Å²) in [5, 5.41) is 11.5. The molecule has 2 unspecified atom stereocenters. The second-order valence-corrected chi connectivity index (χ2v) is 7.64. The third kappa shape index (κ3) is 6.22. The van der Waals surface area contributed by atoms with Gasteiger partial charge >= 0.3 is 11.9 Å². The van der Waals surface area contributed by atoms with Gasteiger partial charge in [0.2, 0.25) is 0 Å². The van der Waals surface area contributed by atoms with E-state index in [1.165, 1.54) is 12.1 Å². The summed E-state index contributed by atoms with van der Waals surface area (Å²) >= 11 is 1.96. The predicted octanol–water partition coefficient (Wildman–Crippen LogP) is 0.896. The van der Waals surface area contributed by atoms with Gasteiger partial charge in [0.1, 0.15) is 11.6 Å². The number of nitrogens with two attached hydrogens (primary N) is 1. The Kier molecular flexibility index (Phi) is 7.97. The fourth-order valence-electron chi connectivity index (χ4n) is 1.98. The first-order valence-electron chi connectivity index (χ1n) is 7.77. The molecular weight excluding hydrogens is 455 g/mol. The molecule has 4 N–H and O–H groups in total. The van der Waals surface area contributed by atoms with Crippen LogP contribution in [0.2, 0.25) is 0 Å². The van der Waals surface area contributed by atoms with Crippen molar-refractivity contribution >= 4 is 40.4 Å². The Hall–Kier alpha value is -1.72. The van der Waals surface area contributed by atoms with Crippen molar-refractivity contribution in [3.63, 3.8) is 0 Å². The second-order valence-electron chi connectivity index (χ2n) is 6.48. The van der Waals surface area contributed by atoms with Gasteiger partial charge in [0, 0.05) is 9.13 Å². The maximum absolute atomic E-state index is 12.2. The van der Waals surface area contributed by atoms with Gasteiger partial charge in [-0.3, -0.25) is 4.79 Å². The average Bonchev–Trinajstić information content (AvgIpc) is 2.56. The monoisotopic (exact) mass is 478 g/mol. The molecule has 0 spiro atoms. The largest absolute Gasteiger partial charge is 0.467 e. The topological polar surface area (TPSA) is 128 Å². The number of methoxy groups -OCH3 is 1. The summed E-state index contributed by atoms with van der Waals surface area (Å²) in [7, 11) is 1.16. The van der Waals surface area contributed by atoms with Crippen LogP contribution in [-0.4, -0.2) is 48.3 Å². The van der Waals surface area contributed by atoms with Crippen LogP contribution >= 0.6 is 22.6 Å². The molecule has 1 aromatic rings. The minimum Gasteiger partial charge on any atom is -0.467 e. The van der Waals surface area contributed by atoms with E-state index in [1.54, 1.807) is 26.8 Å². The Morgan fingerprint density at radius 3 is 2.35 bits per heavy atom. The van der Waals surface area contributed by atoms with Crippen molar-refractivity contribution in [2.45, 2.75) is 38.5 Å². The molecule has 0 aliphatic rings. The number of halogens is 1. The van der Waals surface area contributed by atoms with Gasteiger partial charge in [0.05, 0.1) is 13.7 Å². The zero-order valence-electron chi connectivity index (χ0n) is 15.0. The summed E-state index contributed by atoms with van der Waals surface area (Å²) in [5.41, 5.74) is 6.06. The number of carbonyl (C=O) groups excluding carboxylic acids is 3. The van der Waals surface area contributed by atoms with E-state index >= 15 is 0 Å². The van der Waals surface area contributed by atoms with E-state index in [4.69, 9.17) is 15.6 Å². The zero-order chi connectivity index (χ0) is 20.1. The molecule has 2 atom stereocenters. The zero-order valence-corrected chi connectivity index (χ0v) is 17.2. The molecule has 26 heavy (non-hydrogen) atoms. The number of hydrogen-bond donors (Lipinski definition) is 3. The Balaban J connectivity index is 2.94. The van der Waals surface area contributed by atoms with Crippen molar-refractivity contribution in [1.82, 2.24) is 5.32 Å². The van der Waals surface area contributed by atoms with E-state index in [1.807, 2.05) is 22.6 Å². The molecule has 0 fully saturated rings. The number of nitrogens with one attached hydrogen (secondary N) is 1. The highest BCUT2D eigenvalue weighted by Gasteiger charge is 2.26. The third-order valence-corrected chi connectivity index (χ3v) is 4.17. The van der Waals surface area contributed by atoms with Gasteiger partial charge in [0.25, 0.3) is 5.91 Å². The summed E-state index contributed by atoms with van der Waals surface area (Å²) in [6.45, 7) is 4.65. The lowest BCUT2D eigenvalue weighted by Gasteiger charge is -2.23. The van der Waals surface area contributed by atoms with Crippen molar-refractivity contribution in [1.29, 1.82) is 0 Å². The smallest absolute Gasteiger partial charge is 0.330 e. The van der Waals surface area contributed by atoms with Crippen molar-refractivity contribution in [3.8, 4) is 0 Å². The highest BCUT2D eigenvalue weighted by atomic mass is 127. The molecule has 1 rings (SSSR count). The molecule has 0 saturated heterocycles.